The molecule has 0 aromatic heterocycles. The highest BCUT2D eigenvalue weighted by molar-refractivity contribution is 14.1. The summed E-state index contributed by atoms with van der Waals surface area (Å²) in [7, 11) is 0. The highest BCUT2D eigenvalue weighted by Gasteiger charge is 2.18. The summed E-state index contributed by atoms with van der Waals surface area (Å²) in [6.07, 6.45) is 22.8. The van der Waals surface area contributed by atoms with E-state index in [-0.39, 0.29) is 3.42 Å². The zero-order valence-corrected chi connectivity index (χ0v) is 20.7. The Bertz CT molecular complexity index is 458. The summed E-state index contributed by atoms with van der Waals surface area (Å²) in [5, 5.41) is 0. The van der Waals surface area contributed by atoms with Crippen molar-refractivity contribution in [1.29, 1.82) is 0 Å². The molecule has 0 N–H and O–H groups in total. The number of hydrogen-bond donors (Lipinski definition) is 0. The molecule has 0 amide bonds. The largest absolute Gasteiger partial charge is 0.0743 e. The summed E-state index contributed by atoms with van der Waals surface area (Å²) >= 11 is 2.57. The van der Waals surface area contributed by atoms with Gasteiger partial charge in [-0.15, -0.1) is 0 Å². The Hall–Kier alpha value is -0.0500. The number of alkyl halides is 1. The minimum absolute atomic E-state index is 0.240. The molecule has 0 spiro atoms. The van der Waals surface area contributed by atoms with Gasteiger partial charge in [-0.2, -0.15) is 0 Å². The van der Waals surface area contributed by atoms with Gasteiger partial charge in [0.25, 0.3) is 0 Å². The molecule has 0 nitrogen and oxygen atoms in total. The fourth-order valence-electron chi connectivity index (χ4n) is 4.01. The van der Waals surface area contributed by atoms with Gasteiger partial charge < -0.3 is 0 Å². The van der Waals surface area contributed by atoms with Gasteiger partial charge >= 0.3 is 0 Å². The molecule has 1 rings (SSSR count). The number of aryl methyl sites for hydroxylation is 1. The SMILES string of the molecule is CCCCCCCCCCCCCCCCCc1ccccc1C(C)(C)I. The normalized spacial score (nSPS) is 11.9. The maximum Gasteiger partial charge on any atom is 0.0416 e. The Kier molecular flexibility index (Phi) is 14.6. The molecule has 1 aromatic rings. The highest BCUT2D eigenvalue weighted by atomic mass is 127. The van der Waals surface area contributed by atoms with Crippen LogP contribution in [0.4, 0.5) is 0 Å². The summed E-state index contributed by atoms with van der Waals surface area (Å²) in [6, 6.07) is 9.03. The van der Waals surface area contributed by atoms with Crippen LogP contribution in [-0.4, -0.2) is 0 Å². The van der Waals surface area contributed by atoms with Crippen molar-refractivity contribution in [2.45, 2.75) is 127 Å². The lowest BCUT2D eigenvalue weighted by atomic mass is 9.93. The van der Waals surface area contributed by atoms with Gasteiger partial charge in [0.2, 0.25) is 0 Å². The van der Waals surface area contributed by atoms with E-state index in [2.05, 4.69) is 67.6 Å². The van der Waals surface area contributed by atoms with Crippen LogP contribution in [0.5, 0.6) is 0 Å². The van der Waals surface area contributed by atoms with Gasteiger partial charge in [0.1, 0.15) is 0 Å². The molecule has 0 atom stereocenters. The smallest absolute Gasteiger partial charge is 0.0416 e. The van der Waals surface area contributed by atoms with E-state index in [4.69, 9.17) is 0 Å². The second-order valence-corrected chi connectivity index (χ2v) is 11.5. The highest BCUT2D eigenvalue weighted by Crippen LogP contribution is 2.33. The molecule has 1 heteroatoms. The van der Waals surface area contributed by atoms with Gasteiger partial charge in [-0.05, 0) is 37.8 Å². The zero-order valence-electron chi connectivity index (χ0n) is 18.5. The van der Waals surface area contributed by atoms with E-state index in [9.17, 15) is 0 Å². The third kappa shape index (κ3) is 12.9. The summed E-state index contributed by atoms with van der Waals surface area (Å²) in [6.45, 7) is 6.93. The molecule has 27 heavy (non-hydrogen) atoms. The van der Waals surface area contributed by atoms with Gasteiger partial charge in [-0.3, -0.25) is 0 Å². The summed E-state index contributed by atoms with van der Waals surface area (Å²) in [4.78, 5) is 0. The van der Waals surface area contributed by atoms with Crippen molar-refractivity contribution in [2.75, 3.05) is 0 Å². The zero-order chi connectivity index (χ0) is 19.8. The van der Waals surface area contributed by atoms with Crippen LogP contribution >= 0.6 is 22.6 Å². The molecule has 0 bridgehead atoms. The number of benzene rings is 1. The van der Waals surface area contributed by atoms with Crippen LogP contribution in [0.1, 0.15) is 128 Å². The van der Waals surface area contributed by atoms with Crippen LogP contribution in [0, 0.1) is 0 Å². The molecule has 0 fully saturated rings. The fourth-order valence-corrected chi connectivity index (χ4v) is 4.53. The lowest BCUT2D eigenvalue weighted by Gasteiger charge is -2.21. The number of rotatable bonds is 17. The molecule has 0 saturated heterocycles. The predicted octanol–water partition coefficient (Wildman–Crippen LogP) is 9.77. The van der Waals surface area contributed by atoms with E-state index in [0.717, 1.165) is 0 Å². The van der Waals surface area contributed by atoms with Crippen molar-refractivity contribution in [1.82, 2.24) is 0 Å². The van der Waals surface area contributed by atoms with Crippen molar-refractivity contribution in [3.05, 3.63) is 35.4 Å². The quantitative estimate of drug-likeness (QED) is 0.117. The maximum absolute atomic E-state index is 2.57. The summed E-state index contributed by atoms with van der Waals surface area (Å²) in [5.74, 6) is 0. The number of unbranched alkanes of at least 4 members (excludes halogenated alkanes) is 14. The maximum atomic E-state index is 2.57. The van der Waals surface area contributed by atoms with Crippen LogP contribution in [0.25, 0.3) is 0 Å². The monoisotopic (exact) mass is 484 g/mol. The molecular weight excluding hydrogens is 439 g/mol. The lowest BCUT2D eigenvalue weighted by molar-refractivity contribution is 0.532. The van der Waals surface area contributed by atoms with E-state index in [1.807, 2.05) is 0 Å². The van der Waals surface area contributed by atoms with Gasteiger partial charge in [0.05, 0.1) is 0 Å². The van der Waals surface area contributed by atoms with Crippen LogP contribution in [0.2, 0.25) is 0 Å². The molecule has 156 valence electrons. The first-order chi connectivity index (χ1) is 13.1. The molecule has 0 unspecified atom stereocenters. The number of hydrogen-bond acceptors (Lipinski definition) is 0. The topological polar surface area (TPSA) is 0 Å². The van der Waals surface area contributed by atoms with Gasteiger partial charge in [0.15, 0.2) is 0 Å². The lowest BCUT2D eigenvalue weighted by Crippen LogP contribution is -2.10. The first-order valence-electron chi connectivity index (χ1n) is 11.8. The van der Waals surface area contributed by atoms with Crippen LogP contribution in [0.15, 0.2) is 24.3 Å². The predicted molar refractivity (Wildman–Crippen MR) is 132 cm³/mol. The minimum atomic E-state index is 0.240. The molecule has 0 aliphatic rings. The van der Waals surface area contributed by atoms with E-state index in [0.29, 0.717) is 0 Å². The van der Waals surface area contributed by atoms with Crippen molar-refractivity contribution in [3.63, 3.8) is 0 Å². The van der Waals surface area contributed by atoms with Gasteiger partial charge in [-0.1, -0.05) is 144 Å². The molecule has 1 aromatic carbocycles. The molecule has 0 radical (unpaired) electrons. The Morgan fingerprint density at radius 1 is 0.630 bits per heavy atom. The molecular formula is C26H45I. The van der Waals surface area contributed by atoms with Crippen molar-refractivity contribution < 1.29 is 0 Å². The van der Waals surface area contributed by atoms with E-state index < -0.39 is 0 Å². The first-order valence-corrected chi connectivity index (χ1v) is 12.9. The third-order valence-electron chi connectivity index (χ3n) is 5.71. The number of halogens is 1. The van der Waals surface area contributed by atoms with Gasteiger partial charge in [0, 0.05) is 3.42 Å². The van der Waals surface area contributed by atoms with E-state index in [1.54, 1.807) is 5.56 Å². The van der Waals surface area contributed by atoms with Crippen LogP contribution in [0.3, 0.4) is 0 Å². The average Bonchev–Trinajstić information content (AvgIpc) is 2.64. The van der Waals surface area contributed by atoms with Crippen molar-refractivity contribution in [3.8, 4) is 0 Å². The third-order valence-corrected chi connectivity index (χ3v) is 6.29. The van der Waals surface area contributed by atoms with Crippen LogP contribution < -0.4 is 0 Å². The van der Waals surface area contributed by atoms with Crippen molar-refractivity contribution >= 4 is 22.6 Å². The molecule has 0 saturated carbocycles. The summed E-state index contributed by atoms with van der Waals surface area (Å²) < 4.78 is 0.240. The first kappa shape index (κ1) is 25.0. The standard InChI is InChI=1S/C26H45I/c1-4-5-6-7-8-9-10-11-12-13-14-15-16-17-18-21-24-22-19-20-23-25(24)26(2,3)27/h19-20,22-23H,4-18,21H2,1-3H3. The average molecular weight is 485 g/mol. The second kappa shape index (κ2) is 15.8. The van der Waals surface area contributed by atoms with Crippen molar-refractivity contribution in [2.24, 2.45) is 0 Å². The summed E-state index contributed by atoms with van der Waals surface area (Å²) in [5.41, 5.74) is 3.09. The van der Waals surface area contributed by atoms with E-state index in [1.165, 1.54) is 108 Å². The fraction of sp³-hybridized carbons (Fsp3) is 0.769. The van der Waals surface area contributed by atoms with Gasteiger partial charge in [-0.25, -0.2) is 0 Å². The Balaban J connectivity index is 1.93. The van der Waals surface area contributed by atoms with E-state index >= 15 is 0 Å². The Labute approximate surface area is 184 Å². The Morgan fingerprint density at radius 2 is 1.04 bits per heavy atom. The second-order valence-electron chi connectivity index (χ2n) is 8.83. The molecule has 0 aliphatic carbocycles. The van der Waals surface area contributed by atoms with Crippen LogP contribution in [-0.2, 0) is 9.84 Å². The minimum Gasteiger partial charge on any atom is -0.0743 e. The molecule has 0 aliphatic heterocycles. The Morgan fingerprint density at radius 3 is 1.48 bits per heavy atom. The molecule has 0 heterocycles.